The van der Waals surface area contributed by atoms with Gasteiger partial charge in [-0.1, -0.05) is 12.1 Å². The first kappa shape index (κ1) is 16.7. The molecule has 0 saturated carbocycles. The van der Waals surface area contributed by atoms with Crippen LogP contribution in [0.25, 0.3) is 5.69 Å². The third-order valence-corrected chi connectivity index (χ3v) is 3.99. The van der Waals surface area contributed by atoms with Crippen molar-refractivity contribution in [3.8, 4) is 5.69 Å². The molecule has 1 fully saturated rings. The molecule has 1 N–H and O–H groups in total. The highest BCUT2D eigenvalue weighted by molar-refractivity contribution is 5.93. The van der Waals surface area contributed by atoms with Gasteiger partial charge in [-0.2, -0.15) is 9.78 Å². The van der Waals surface area contributed by atoms with Gasteiger partial charge in [0, 0.05) is 19.0 Å². The summed E-state index contributed by atoms with van der Waals surface area (Å²) >= 11 is 0. The van der Waals surface area contributed by atoms with E-state index in [4.69, 9.17) is 5.11 Å². The van der Waals surface area contributed by atoms with E-state index in [1.165, 1.54) is 18.2 Å². The fourth-order valence-electron chi connectivity index (χ4n) is 2.60. The molecule has 25 heavy (non-hydrogen) atoms. The van der Waals surface area contributed by atoms with Crippen molar-refractivity contribution in [3.63, 3.8) is 0 Å². The molecule has 0 radical (unpaired) electrons. The van der Waals surface area contributed by atoms with Crippen LogP contribution < -0.4 is 5.56 Å². The maximum absolute atomic E-state index is 14.1. The second-order valence-electron chi connectivity index (χ2n) is 5.67. The van der Waals surface area contributed by atoms with E-state index >= 15 is 0 Å². The van der Waals surface area contributed by atoms with Crippen LogP contribution in [0.4, 0.5) is 8.78 Å². The lowest BCUT2D eigenvalue weighted by Gasteiger charge is -2.17. The Bertz CT molecular complexity index is 914. The minimum atomic E-state index is -2.50. The topological polar surface area (TPSA) is 92.5 Å². The summed E-state index contributed by atoms with van der Waals surface area (Å²) in [4.78, 5) is 36.3. The highest BCUT2D eigenvalue weighted by Crippen LogP contribution is 2.26. The summed E-state index contributed by atoms with van der Waals surface area (Å²) in [5, 5.41) is 12.7. The number of carbonyl (C=O) groups is 2. The molecule has 2 aromatic rings. The predicted molar refractivity (Wildman–Crippen MR) is 81.8 cm³/mol. The first-order chi connectivity index (χ1) is 11.8. The van der Waals surface area contributed by atoms with Crippen molar-refractivity contribution in [2.75, 3.05) is 13.1 Å². The average molecular weight is 349 g/mol. The molecule has 1 saturated heterocycles. The van der Waals surface area contributed by atoms with Crippen molar-refractivity contribution in [1.29, 1.82) is 0 Å². The van der Waals surface area contributed by atoms with Gasteiger partial charge in [-0.25, -0.2) is 13.6 Å². The van der Waals surface area contributed by atoms with Crippen molar-refractivity contribution in [3.05, 3.63) is 58.3 Å². The number of hydrogen-bond acceptors (Lipinski definition) is 4. The number of halogens is 2. The van der Waals surface area contributed by atoms with Gasteiger partial charge in [-0.15, -0.1) is 0 Å². The largest absolute Gasteiger partial charge is 0.479 e. The Kier molecular flexibility index (Phi) is 4.07. The lowest BCUT2D eigenvalue weighted by molar-refractivity contribution is -0.149. The van der Waals surface area contributed by atoms with Crippen LogP contribution >= 0.6 is 0 Å². The van der Waals surface area contributed by atoms with Crippen molar-refractivity contribution in [2.24, 2.45) is 0 Å². The van der Waals surface area contributed by atoms with E-state index in [9.17, 15) is 23.2 Å². The van der Waals surface area contributed by atoms with Crippen LogP contribution in [0.15, 0.2) is 41.2 Å². The first-order valence-corrected chi connectivity index (χ1v) is 7.39. The second kappa shape index (κ2) is 6.08. The zero-order chi connectivity index (χ0) is 18.2. The smallest absolute Gasteiger partial charge is 0.343 e. The molecule has 1 aromatic carbocycles. The standard InChI is InChI=1S/C16H13F2N3O4/c17-10-3-1-2-4-12(10)21-13(22)6-5-11(19-21)14(23)20-8-7-16(18,9-20)15(24)25/h1-6H,7-9H2,(H,24,25). The summed E-state index contributed by atoms with van der Waals surface area (Å²) in [5.74, 6) is -3.06. The molecule has 1 amide bonds. The van der Waals surface area contributed by atoms with Crippen molar-refractivity contribution in [1.82, 2.24) is 14.7 Å². The molecule has 0 aliphatic carbocycles. The summed E-state index contributed by atoms with van der Waals surface area (Å²) < 4.78 is 28.7. The summed E-state index contributed by atoms with van der Waals surface area (Å²) in [6.07, 6.45) is -0.332. The van der Waals surface area contributed by atoms with Crippen molar-refractivity contribution >= 4 is 11.9 Å². The average Bonchev–Trinajstić information content (AvgIpc) is 2.99. The number of aliphatic carboxylic acids is 1. The molecule has 3 rings (SSSR count). The summed E-state index contributed by atoms with van der Waals surface area (Å²) in [6.45, 7) is -0.705. The van der Waals surface area contributed by atoms with Crippen molar-refractivity contribution < 1.29 is 23.5 Å². The number of hydrogen-bond donors (Lipinski definition) is 1. The number of carbonyl (C=O) groups excluding carboxylic acids is 1. The minimum Gasteiger partial charge on any atom is -0.479 e. The van der Waals surface area contributed by atoms with Crippen LogP contribution in [-0.4, -0.2) is 50.4 Å². The number of rotatable bonds is 3. The van der Waals surface area contributed by atoms with E-state index < -0.39 is 35.5 Å². The summed E-state index contributed by atoms with van der Waals surface area (Å²) in [5.41, 5.74) is -3.49. The highest BCUT2D eigenvalue weighted by Gasteiger charge is 2.47. The maximum Gasteiger partial charge on any atom is 0.343 e. The Labute approximate surface area is 140 Å². The molecule has 2 heterocycles. The monoisotopic (exact) mass is 349 g/mol. The quantitative estimate of drug-likeness (QED) is 0.893. The molecule has 130 valence electrons. The molecule has 1 aromatic heterocycles. The molecule has 1 atom stereocenters. The third-order valence-electron chi connectivity index (χ3n) is 3.99. The second-order valence-corrected chi connectivity index (χ2v) is 5.67. The molecule has 1 aliphatic rings. The number of aromatic nitrogens is 2. The Balaban J connectivity index is 1.93. The maximum atomic E-state index is 14.1. The number of alkyl halides is 1. The van der Waals surface area contributed by atoms with Crippen molar-refractivity contribution in [2.45, 2.75) is 12.1 Å². The van der Waals surface area contributed by atoms with E-state index in [2.05, 4.69) is 5.10 Å². The van der Waals surface area contributed by atoms with Gasteiger partial charge in [-0.3, -0.25) is 9.59 Å². The normalized spacial score (nSPS) is 19.8. The van der Waals surface area contributed by atoms with Gasteiger partial charge >= 0.3 is 5.97 Å². The van der Waals surface area contributed by atoms with Crippen LogP contribution in [0.5, 0.6) is 0 Å². The van der Waals surface area contributed by atoms with E-state index in [0.29, 0.717) is 0 Å². The number of nitrogens with zero attached hydrogens (tertiary/aromatic N) is 3. The number of amides is 1. The van der Waals surface area contributed by atoms with Gasteiger partial charge in [0.2, 0.25) is 5.67 Å². The number of para-hydroxylation sites is 1. The highest BCUT2D eigenvalue weighted by atomic mass is 19.1. The van der Waals surface area contributed by atoms with Crippen LogP contribution in [0.3, 0.4) is 0 Å². The first-order valence-electron chi connectivity index (χ1n) is 7.39. The molecule has 1 unspecified atom stereocenters. The van der Waals surface area contributed by atoms with Crippen LogP contribution in [0.2, 0.25) is 0 Å². The minimum absolute atomic E-state index is 0.0951. The zero-order valence-corrected chi connectivity index (χ0v) is 12.9. The van der Waals surface area contributed by atoms with Crippen LogP contribution in [-0.2, 0) is 4.79 Å². The number of benzene rings is 1. The van der Waals surface area contributed by atoms with Gasteiger partial charge in [0.05, 0.1) is 6.54 Å². The van der Waals surface area contributed by atoms with Crippen LogP contribution in [0, 0.1) is 5.82 Å². The van der Waals surface area contributed by atoms with Crippen LogP contribution in [0.1, 0.15) is 16.9 Å². The van der Waals surface area contributed by atoms with E-state index in [1.54, 1.807) is 0 Å². The number of carboxylic acid groups (broad SMARTS) is 1. The van der Waals surface area contributed by atoms with Gasteiger partial charge < -0.3 is 10.0 Å². The molecule has 1 aliphatic heterocycles. The molecule has 7 nitrogen and oxygen atoms in total. The lowest BCUT2D eigenvalue weighted by atomic mass is 10.1. The van der Waals surface area contributed by atoms with Gasteiger partial charge in [-0.05, 0) is 18.2 Å². The fraction of sp³-hybridized carbons (Fsp3) is 0.250. The Morgan fingerprint density at radius 2 is 1.92 bits per heavy atom. The fourth-order valence-corrected chi connectivity index (χ4v) is 2.60. The number of likely N-dealkylation sites (tertiary alicyclic amines) is 1. The SMILES string of the molecule is O=C(c1ccc(=O)n(-c2ccccc2F)n1)N1CCC(F)(C(=O)O)C1. The lowest BCUT2D eigenvalue weighted by Crippen LogP contribution is -2.39. The molecule has 0 bridgehead atoms. The number of carboxylic acids is 1. The molecular weight excluding hydrogens is 336 g/mol. The van der Waals surface area contributed by atoms with E-state index in [1.807, 2.05) is 0 Å². The predicted octanol–water partition coefficient (Wildman–Crippen LogP) is 1.01. The van der Waals surface area contributed by atoms with E-state index in [-0.39, 0.29) is 24.3 Å². The Morgan fingerprint density at radius 1 is 1.20 bits per heavy atom. The summed E-state index contributed by atoms with van der Waals surface area (Å²) in [7, 11) is 0. The third kappa shape index (κ3) is 3.00. The molecule has 0 spiro atoms. The Morgan fingerprint density at radius 3 is 2.56 bits per heavy atom. The summed E-state index contributed by atoms with van der Waals surface area (Å²) in [6, 6.07) is 7.60. The zero-order valence-electron chi connectivity index (χ0n) is 12.9. The van der Waals surface area contributed by atoms with E-state index in [0.717, 1.165) is 27.8 Å². The molecular formula is C16H13F2N3O4. The van der Waals surface area contributed by atoms with Gasteiger partial charge in [0.1, 0.15) is 17.2 Å². The van der Waals surface area contributed by atoms with Gasteiger partial charge in [0.15, 0.2) is 0 Å². The Hall–Kier alpha value is -3.10. The van der Waals surface area contributed by atoms with Gasteiger partial charge in [0.25, 0.3) is 11.5 Å². The molecule has 9 heteroatoms.